The van der Waals surface area contributed by atoms with Crippen molar-refractivity contribution < 1.29 is 9.53 Å². The Kier molecular flexibility index (Phi) is 6.30. The van der Waals surface area contributed by atoms with Gasteiger partial charge in [-0.3, -0.25) is 4.79 Å². The Morgan fingerprint density at radius 2 is 2.17 bits per heavy atom. The molecule has 0 aromatic heterocycles. The highest BCUT2D eigenvalue weighted by Gasteiger charge is 2.16. The minimum Gasteiger partial charge on any atom is -0.484 e. The van der Waals surface area contributed by atoms with Crippen molar-refractivity contribution in [1.29, 1.82) is 0 Å². The van der Waals surface area contributed by atoms with Crippen molar-refractivity contribution in [2.24, 2.45) is 0 Å². The number of nitrogens with zero attached hydrogens (tertiary/aromatic N) is 1. The van der Waals surface area contributed by atoms with Gasteiger partial charge in [0.25, 0.3) is 5.91 Å². The maximum atomic E-state index is 11.9. The molecule has 0 N–H and O–H groups in total. The van der Waals surface area contributed by atoms with E-state index in [1.54, 1.807) is 29.2 Å². The fraction of sp³-hybridized carbons (Fsp3) is 0.462. The Bertz CT molecular complexity index is 396. The molecule has 0 unspecified atom stereocenters. The maximum absolute atomic E-state index is 11.9. The summed E-state index contributed by atoms with van der Waals surface area (Å²) < 4.78 is 5.41. The highest BCUT2D eigenvalue weighted by molar-refractivity contribution is 6.30. The molecule has 0 spiro atoms. The molecule has 18 heavy (non-hydrogen) atoms. The summed E-state index contributed by atoms with van der Waals surface area (Å²) in [7, 11) is 0. The largest absolute Gasteiger partial charge is 0.484 e. The molecule has 1 aromatic carbocycles. The van der Waals surface area contributed by atoms with Crippen LogP contribution in [0.4, 0.5) is 0 Å². The lowest BCUT2D eigenvalue weighted by Gasteiger charge is -2.25. The summed E-state index contributed by atoms with van der Waals surface area (Å²) in [4.78, 5) is 13.6. The third-order valence-electron chi connectivity index (χ3n) is 2.43. The number of carbonyl (C=O) groups is 1. The highest BCUT2D eigenvalue weighted by Crippen LogP contribution is 2.17. The van der Waals surface area contributed by atoms with Gasteiger partial charge in [0.2, 0.25) is 0 Å². The number of hydrogen-bond acceptors (Lipinski definition) is 2. The quantitative estimate of drug-likeness (QED) is 0.753. The van der Waals surface area contributed by atoms with Crippen molar-refractivity contribution >= 4 is 29.1 Å². The van der Waals surface area contributed by atoms with Crippen molar-refractivity contribution in [2.45, 2.75) is 19.9 Å². The normalized spacial score (nSPS) is 10.5. The topological polar surface area (TPSA) is 29.5 Å². The number of rotatable bonds is 6. The number of alkyl halides is 1. The maximum Gasteiger partial charge on any atom is 0.260 e. The molecule has 0 atom stereocenters. The van der Waals surface area contributed by atoms with Gasteiger partial charge in [0.15, 0.2) is 6.61 Å². The minimum absolute atomic E-state index is 0.00455. The lowest BCUT2D eigenvalue weighted by molar-refractivity contribution is -0.134. The lowest BCUT2D eigenvalue weighted by Crippen LogP contribution is -2.41. The zero-order chi connectivity index (χ0) is 13.5. The number of hydrogen-bond donors (Lipinski definition) is 0. The molecule has 3 nitrogen and oxygen atoms in total. The second-order valence-corrected chi connectivity index (χ2v) is 4.93. The zero-order valence-corrected chi connectivity index (χ0v) is 12.0. The van der Waals surface area contributed by atoms with Gasteiger partial charge in [-0.15, -0.1) is 11.6 Å². The summed E-state index contributed by atoms with van der Waals surface area (Å²) in [5, 5.41) is 0.585. The van der Waals surface area contributed by atoms with E-state index in [0.29, 0.717) is 23.2 Å². The molecule has 0 radical (unpaired) electrons. The van der Waals surface area contributed by atoms with Crippen LogP contribution < -0.4 is 4.74 Å². The second-order valence-electron chi connectivity index (χ2n) is 4.12. The first-order valence-corrected chi connectivity index (χ1v) is 6.69. The molecule has 0 aliphatic carbocycles. The van der Waals surface area contributed by atoms with E-state index in [9.17, 15) is 4.79 Å². The molecular formula is C13H17Cl2NO2. The average Bonchev–Trinajstić information content (AvgIpc) is 2.32. The summed E-state index contributed by atoms with van der Waals surface area (Å²) >= 11 is 11.5. The third kappa shape index (κ3) is 4.75. The van der Waals surface area contributed by atoms with Crippen LogP contribution in [-0.2, 0) is 4.79 Å². The van der Waals surface area contributed by atoms with E-state index in [1.807, 2.05) is 13.8 Å². The molecule has 0 aliphatic heterocycles. The van der Waals surface area contributed by atoms with Crippen LogP contribution in [-0.4, -0.2) is 35.9 Å². The van der Waals surface area contributed by atoms with Crippen LogP contribution in [0.1, 0.15) is 13.8 Å². The van der Waals surface area contributed by atoms with Gasteiger partial charge in [0.05, 0.1) is 0 Å². The van der Waals surface area contributed by atoms with Gasteiger partial charge in [0, 0.05) is 23.5 Å². The first-order chi connectivity index (χ1) is 8.54. The van der Waals surface area contributed by atoms with Crippen LogP contribution in [0, 0.1) is 0 Å². The molecule has 0 heterocycles. The molecule has 100 valence electrons. The van der Waals surface area contributed by atoms with Gasteiger partial charge in [-0.1, -0.05) is 17.7 Å². The van der Waals surface area contributed by atoms with Crippen LogP contribution in [0.15, 0.2) is 24.3 Å². The minimum atomic E-state index is -0.0781. The smallest absolute Gasteiger partial charge is 0.260 e. The Hall–Kier alpha value is -0.930. The molecule has 0 aliphatic rings. The summed E-state index contributed by atoms with van der Waals surface area (Å²) in [5.74, 6) is 0.928. The summed E-state index contributed by atoms with van der Waals surface area (Å²) in [6.45, 7) is 4.42. The van der Waals surface area contributed by atoms with E-state index in [0.717, 1.165) is 0 Å². The summed E-state index contributed by atoms with van der Waals surface area (Å²) in [5.41, 5.74) is 0. The number of carbonyl (C=O) groups excluding carboxylic acids is 1. The lowest BCUT2D eigenvalue weighted by atomic mass is 10.3. The monoisotopic (exact) mass is 289 g/mol. The molecule has 1 amide bonds. The first-order valence-electron chi connectivity index (χ1n) is 5.78. The number of ether oxygens (including phenoxy) is 1. The number of amides is 1. The second kappa shape index (κ2) is 7.49. The molecule has 0 saturated heterocycles. The van der Waals surface area contributed by atoms with Crippen LogP contribution in [0.3, 0.4) is 0 Å². The van der Waals surface area contributed by atoms with E-state index in [4.69, 9.17) is 27.9 Å². The Morgan fingerprint density at radius 1 is 1.44 bits per heavy atom. The van der Waals surface area contributed by atoms with Crippen LogP contribution in [0.25, 0.3) is 0 Å². The standard InChI is InChI=1S/C13H17Cl2NO2/c1-10(2)16(7-6-14)13(17)9-18-12-5-3-4-11(15)8-12/h3-5,8,10H,6-7,9H2,1-2H3. The van der Waals surface area contributed by atoms with Crippen LogP contribution >= 0.6 is 23.2 Å². The SMILES string of the molecule is CC(C)N(CCCl)C(=O)COc1cccc(Cl)c1. The predicted octanol–water partition coefficient (Wildman–Crippen LogP) is 3.19. The van der Waals surface area contributed by atoms with E-state index in [2.05, 4.69) is 0 Å². The van der Waals surface area contributed by atoms with Gasteiger partial charge in [-0.25, -0.2) is 0 Å². The third-order valence-corrected chi connectivity index (χ3v) is 2.83. The van der Waals surface area contributed by atoms with Gasteiger partial charge >= 0.3 is 0 Å². The number of halogens is 2. The molecule has 0 fully saturated rings. The van der Waals surface area contributed by atoms with Crippen molar-refractivity contribution in [3.8, 4) is 5.75 Å². The van der Waals surface area contributed by atoms with E-state index in [1.165, 1.54) is 0 Å². The highest BCUT2D eigenvalue weighted by atomic mass is 35.5. The fourth-order valence-electron chi connectivity index (χ4n) is 1.55. The van der Waals surface area contributed by atoms with Gasteiger partial charge < -0.3 is 9.64 Å². The molecule has 1 aromatic rings. The van der Waals surface area contributed by atoms with Gasteiger partial charge in [-0.2, -0.15) is 0 Å². The predicted molar refractivity (Wildman–Crippen MR) is 74.5 cm³/mol. The van der Waals surface area contributed by atoms with Crippen molar-refractivity contribution in [3.05, 3.63) is 29.3 Å². The van der Waals surface area contributed by atoms with Crippen LogP contribution in [0.5, 0.6) is 5.75 Å². The van der Waals surface area contributed by atoms with Crippen molar-refractivity contribution in [1.82, 2.24) is 4.90 Å². The van der Waals surface area contributed by atoms with E-state index < -0.39 is 0 Å². The summed E-state index contributed by atoms with van der Waals surface area (Å²) in [6.07, 6.45) is 0. The molecule has 0 saturated carbocycles. The Labute approximate surface area is 118 Å². The van der Waals surface area contributed by atoms with E-state index in [-0.39, 0.29) is 18.6 Å². The van der Waals surface area contributed by atoms with Crippen molar-refractivity contribution in [2.75, 3.05) is 19.0 Å². The Morgan fingerprint density at radius 3 is 2.72 bits per heavy atom. The molecular weight excluding hydrogens is 273 g/mol. The fourth-order valence-corrected chi connectivity index (χ4v) is 1.91. The zero-order valence-electron chi connectivity index (χ0n) is 10.5. The molecule has 0 bridgehead atoms. The van der Waals surface area contributed by atoms with Crippen LogP contribution in [0.2, 0.25) is 5.02 Å². The average molecular weight is 290 g/mol. The molecule has 1 rings (SSSR count). The van der Waals surface area contributed by atoms with Gasteiger partial charge in [-0.05, 0) is 32.0 Å². The molecule has 5 heteroatoms. The number of benzene rings is 1. The first kappa shape index (κ1) is 15.1. The Balaban J connectivity index is 2.54. The van der Waals surface area contributed by atoms with Gasteiger partial charge in [0.1, 0.15) is 5.75 Å². The van der Waals surface area contributed by atoms with E-state index >= 15 is 0 Å². The van der Waals surface area contributed by atoms with Crippen molar-refractivity contribution in [3.63, 3.8) is 0 Å². The summed E-state index contributed by atoms with van der Waals surface area (Å²) in [6, 6.07) is 7.08.